The van der Waals surface area contributed by atoms with Gasteiger partial charge in [0.2, 0.25) is 5.82 Å². The Kier molecular flexibility index (Phi) is 4.64. The van der Waals surface area contributed by atoms with Gasteiger partial charge in [-0.1, -0.05) is 30.3 Å². The molecule has 0 unspecified atom stereocenters. The molecule has 0 radical (unpaired) electrons. The van der Waals surface area contributed by atoms with Crippen LogP contribution < -0.4 is 4.74 Å². The maximum Gasteiger partial charge on any atom is 0.209 e. The van der Waals surface area contributed by atoms with Gasteiger partial charge in [-0.2, -0.15) is 9.90 Å². The first-order valence-electron chi connectivity index (χ1n) is 8.40. The highest BCUT2D eigenvalue weighted by Gasteiger charge is 2.16. The summed E-state index contributed by atoms with van der Waals surface area (Å²) in [4.78, 5) is 1.55. The smallest absolute Gasteiger partial charge is 0.209 e. The van der Waals surface area contributed by atoms with Gasteiger partial charge in [-0.25, -0.2) is 4.68 Å². The number of thiol groups is 1. The molecule has 4 aromatic rings. The minimum Gasteiger partial charge on any atom is -0.497 e. The molecule has 7 nitrogen and oxygen atoms in total. The van der Waals surface area contributed by atoms with Gasteiger partial charge in [0, 0.05) is 0 Å². The van der Waals surface area contributed by atoms with E-state index in [0.29, 0.717) is 17.4 Å². The van der Waals surface area contributed by atoms with Gasteiger partial charge in [0.1, 0.15) is 10.8 Å². The van der Waals surface area contributed by atoms with Crippen LogP contribution >= 0.6 is 12.6 Å². The molecular weight excluding hydrogens is 360 g/mol. The summed E-state index contributed by atoms with van der Waals surface area (Å²) in [5, 5.41) is 17.9. The maximum absolute atomic E-state index is 5.17. The second-order valence-corrected chi connectivity index (χ2v) is 6.50. The van der Waals surface area contributed by atoms with E-state index < -0.39 is 0 Å². The van der Waals surface area contributed by atoms with Gasteiger partial charge in [0.25, 0.3) is 0 Å². The van der Waals surface area contributed by atoms with Gasteiger partial charge in [-0.15, -0.1) is 22.8 Å². The molecule has 136 valence electrons. The van der Waals surface area contributed by atoms with Crippen molar-refractivity contribution in [1.82, 2.24) is 30.0 Å². The van der Waals surface area contributed by atoms with Crippen LogP contribution in [-0.2, 0) is 6.54 Å². The standard InChI is InChI=1S/C19H18N6OS/c1-13-5-3-4-6-17(13)25-19(27)16(11-20-25)18-21-23-24(22-18)12-14-7-9-15(26-2)10-8-14/h3-11,27H,12H2,1-2H3. The van der Waals surface area contributed by atoms with Gasteiger partial charge >= 0.3 is 0 Å². The van der Waals surface area contributed by atoms with Crippen molar-refractivity contribution >= 4 is 12.6 Å². The number of rotatable bonds is 5. The largest absolute Gasteiger partial charge is 0.497 e. The lowest BCUT2D eigenvalue weighted by molar-refractivity contribution is 0.414. The lowest BCUT2D eigenvalue weighted by Crippen LogP contribution is -2.04. The molecule has 2 aromatic carbocycles. The molecule has 0 saturated heterocycles. The summed E-state index contributed by atoms with van der Waals surface area (Å²) in [5.74, 6) is 1.31. The molecule has 0 aliphatic heterocycles. The Morgan fingerprint density at radius 1 is 1.07 bits per heavy atom. The van der Waals surface area contributed by atoms with E-state index in [4.69, 9.17) is 4.74 Å². The quantitative estimate of drug-likeness (QED) is 0.540. The van der Waals surface area contributed by atoms with Crippen LogP contribution in [0.3, 0.4) is 0 Å². The number of hydrogen-bond donors (Lipinski definition) is 1. The summed E-state index contributed by atoms with van der Waals surface area (Å²) in [6, 6.07) is 15.8. The average molecular weight is 378 g/mol. The first-order chi connectivity index (χ1) is 13.2. The van der Waals surface area contributed by atoms with E-state index in [1.807, 2.05) is 55.5 Å². The Labute approximate surface area is 162 Å². The van der Waals surface area contributed by atoms with Crippen LogP contribution in [0.1, 0.15) is 11.1 Å². The summed E-state index contributed by atoms with van der Waals surface area (Å²) < 4.78 is 6.95. The fourth-order valence-corrected chi connectivity index (χ4v) is 3.11. The van der Waals surface area contributed by atoms with E-state index in [0.717, 1.165) is 28.1 Å². The number of aryl methyl sites for hydroxylation is 1. The molecule has 2 aromatic heterocycles. The molecule has 27 heavy (non-hydrogen) atoms. The Bertz CT molecular complexity index is 1070. The highest BCUT2D eigenvalue weighted by molar-refractivity contribution is 7.80. The molecule has 0 bridgehead atoms. The summed E-state index contributed by atoms with van der Waals surface area (Å²) in [6.45, 7) is 2.55. The molecule has 0 amide bonds. The Morgan fingerprint density at radius 2 is 1.85 bits per heavy atom. The van der Waals surface area contributed by atoms with Gasteiger partial charge < -0.3 is 4.74 Å². The van der Waals surface area contributed by atoms with E-state index in [2.05, 4.69) is 33.1 Å². The number of aromatic nitrogens is 6. The number of nitrogens with zero attached hydrogens (tertiary/aromatic N) is 6. The van der Waals surface area contributed by atoms with Crippen LogP contribution in [0.5, 0.6) is 5.75 Å². The Balaban J connectivity index is 1.59. The van der Waals surface area contributed by atoms with Crippen LogP contribution in [-0.4, -0.2) is 37.1 Å². The zero-order chi connectivity index (χ0) is 18.8. The predicted octanol–water partition coefficient (Wildman–Crippen LogP) is 3.18. The molecular formula is C19H18N6OS. The summed E-state index contributed by atoms with van der Waals surface area (Å²) >= 11 is 4.63. The first kappa shape index (κ1) is 17.3. The maximum atomic E-state index is 5.17. The molecule has 2 heterocycles. The molecule has 0 saturated carbocycles. The molecule has 8 heteroatoms. The average Bonchev–Trinajstić information content (AvgIpc) is 3.29. The second kappa shape index (κ2) is 7.24. The summed E-state index contributed by atoms with van der Waals surface area (Å²) in [6.07, 6.45) is 1.71. The number of tetrazole rings is 1. The zero-order valence-corrected chi connectivity index (χ0v) is 15.8. The number of ether oxygens (including phenoxy) is 1. The van der Waals surface area contributed by atoms with Crippen LogP contribution in [0.15, 0.2) is 59.8 Å². The first-order valence-corrected chi connectivity index (χ1v) is 8.84. The van der Waals surface area contributed by atoms with E-state index >= 15 is 0 Å². The molecule has 0 fully saturated rings. The van der Waals surface area contributed by atoms with E-state index in [9.17, 15) is 0 Å². The van der Waals surface area contributed by atoms with Crippen molar-refractivity contribution in [3.8, 4) is 22.8 Å². The Morgan fingerprint density at radius 3 is 2.59 bits per heavy atom. The third-order valence-electron chi connectivity index (χ3n) is 4.26. The van der Waals surface area contributed by atoms with E-state index in [1.165, 1.54) is 0 Å². The van der Waals surface area contributed by atoms with Crippen LogP contribution in [0.4, 0.5) is 0 Å². The molecule has 0 aliphatic rings. The lowest BCUT2D eigenvalue weighted by Gasteiger charge is -2.07. The van der Waals surface area contributed by atoms with Gasteiger partial charge in [-0.3, -0.25) is 0 Å². The van der Waals surface area contributed by atoms with Crippen molar-refractivity contribution in [2.45, 2.75) is 18.5 Å². The van der Waals surface area contributed by atoms with Crippen molar-refractivity contribution in [2.75, 3.05) is 7.11 Å². The fourth-order valence-electron chi connectivity index (χ4n) is 2.79. The number of hydrogen-bond acceptors (Lipinski definition) is 6. The highest BCUT2D eigenvalue weighted by Crippen LogP contribution is 2.26. The van der Waals surface area contributed by atoms with Gasteiger partial charge in [0.05, 0.1) is 31.1 Å². The summed E-state index contributed by atoms with van der Waals surface area (Å²) in [7, 11) is 1.65. The van der Waals surface area contributed by atoms with Crippen LogP contribution in [0, 0.1) is 6.92 Å². The highest BCUT2D eigenvalue weighted by atomic mass is 32.1. The monoisotopic (exact) mass is 378 g/mol. The van der Waals surface area contributed by atoms with Gasteiger partial charge in [0.15, 0.2) is 0 Å². The second-order valence-electron chi connectivity index (χ2n) is 6.07. The lowest BCUT2D eigenvalue weighted by atomic mass is 10.2. The number of methoxy groups -OCH3 is 1. The molecule has 0 aliphatic carbocycles. The van der Waals surface area contributed by atoms with Crippen molar-refractivity contribution in [1.29, 1.82) is 0 Å². The van der Waals surface area contributed by atoms with Crippen molar-refractivity contribution < 1.29 is 4.74 Å². The van der Waals surface area contributed by atoms with Gasteiger partial charge in [-0.05, 0) is 41.5 Å². The van der Waals surface area contributed by atoms with Crippen LogP contribution in [0.25, 0.3) is 17.1 Å². The van der Waals surface area contributed by atoms with Crippen molar-refractivity contribution in [3.63, 3.8) is 0 Å². The normalized spacial score (nSPS) is 10.9. The van der Waals surface area contributed by atoms with Crippen molar-refractivity contribution in [2.24, 2.45) is 0 Å². The SMILES string of the molecule is COc1ccc(Cn2nnc(-c3cnn(-c4ccccc4C)c3S)n2)cc1. The fraction of sp³-hybridized carbons (Fsp3) is 0.158. The number of para-hydroxylation sites is 1. The van der Waals surface area contributed by atoms with Crippen LogP contribution in [0.2, 0.25) is 0 Å². The third-order valence-corrected chi connectivity index (χ3v) is 4.69. The molecule has 0 spiro atoms. The van der Waals surface area contributed by atoms with Crippen molar-refractivity contribution in [3.05, 3.63) is 65.9 Å². The van der Waals surface area contributed by atoms with E-state index in [-0.39, 0.29) is 0 Å². The topological polar surface area (TPSA) is 70.7 Å². The van der Waals surface area contributed by atoms with E-state index in [1.54, 1.807) is 22.8 Å². The number of benzene rings is 2. The predicted molar refractivity (Wildman–Crippen MR) is 104 cm³/mol. The molecule has 0 N–H and O–H groups in total. The Hall–Kier alpha value is -3.13. The zero-order valence-electron chi connectivity index (χ0n) is 14.9. The molecule has 4 rings (SSSR count). The molecule has 0 atom stereocenters. The third kappa shape index (κ3) is 3.43. The minimum absolute atomic E-state index is 0.494. The summed E-state index contributed by atoms with van der Waals surface area (Å²) in [5.41, 5.74) is 3.88. The minimum atomic E-state index is 0.494.